The SMILES string of the molecule is CCCCNS(=O)(=O)c1ccc(OCC(=O)NC(C)c2ccccc2)cc1. The number of hydrogen-bond acceptors (Lipinski definition) is 4. The molecule has 27 heavy (non-hydrogen) atoms. The lowest BCUT2D eigenvalue weighted by Crippen LogP contribution is -2.31. The van der Waals surface area contributed by atoms with Crippen molar-refractivity contribution < 1.29 is 17.9 Å². The van der Waals surface area contributed by atoms with Gasteiger partial charge in [-0.05, 0) is 43.2 Å². The van der Waals surface area contributed by atoms with Crippen LogP contribution in [0, 0.1) is 0 Å². The van der Waals surface area contributed by atoms with E-state index in [1.54, 1.807) is 12.1 Å². The number of nitrogens with one attached hydrogen (secondary N) is 2. The maximum Gasteiger partial charge on any atom is 0.258 e. The van der Waals surface area contributed by atoms with Crippen molar-refractivity contribution in [1.29, 1.82) is 0 Å². The molecule has 1 unspecified atom stereocenters. The molecule has 0 aliphatic carbocycles. The summed E-state index contributed by atoms with van der Waals surface area (Å²) in [5.74, 6) is 0.189. The van der Waals surface area contributed by atoms with Crippen LogP contribution >= 0.6 is 0 Å². The van der Waals surface area contributed by atoms with Gasteiger partial charge < -0.3 is 10.1 Å². The van der Waals surface area contributed by atoms with E-state index < -0.39 is 10.0 Å². The molecule has 0 heterocycles. The zero-order chi connectivity index (χ0) is 19.7. The quantitative estimate of drug-likeness (QED) is 0.611. The van der Waals surface area contributed by atoms with Crippen molar-refractivity contribution in [3.05, 3.63) is 60.2 Å². The van der Waals surface area contributed by atoms with Crippen LogP contribution in [-0.4, -0.2) is 27.5 Å². The summed E-state index contributed by atoms with van der Waals surface area (Å²) in [4.78, 5) is 12.2. The van der Waals surface area contributed by atoms with Crippen molar-refractivity contribution in [2.45, 2.75) is 37.6 Å². The van der Waals surface area contributed by atoms with E-state index >= 15 is 0 Å². The van der Waals surface area contributed by atoms with Gasteiger partial charge in [0.2, 0.25) is 10.0 Å². The summed E-state index contributed by atoms with van der Waals surface area (Å²) < 4.78 is 32.2. The molecule has 1 atom stereocenters. The molecule has 7 heteroatoms. The summed E-state index contributed by atoms with van der Waals surface area (Å²) in [6.45, 7) is 4.17. The summed E-state index contributed by atoms with van der Waals surface area (Å²) in [5.41, 5.74) is 1.01. The molecule has 2 aromatic rings. The summed E-state index contributed by atoms with van der Waals surface area (Å²) >= 11 is 0. The average Bonchev–Trinajstić information content (AvgIpc) is 2.67. The largest absolute Gasteiger partial charge is 0.484 e. The molecule has 0 aliphatic heterocycles. The number of carbonyl (C=O) groups is 1. The van der Waals surface area contributed by atoms with Gasteiger partial charge in [-0.2, -0.15) is 0 Å². The second-order valence-electron chi connectivity index (χ2n) is 6.21. The summed E-state index contributed by atoms with van der Waals surface area (Å²) in [7, 11) is -3.51. The van der Waals surface area contributed by atoms with Gasteiger partial charge in [-0.15, -0.1) is 0 Å². The molecule has 0 bridgehead atoms. The molecule has 0 spiro atoms. The molecule has 2 N–H and O–H groups in total. The van der Waals surface area contributed by atoms with Crippen LogP contribution < -0.4 is 14.8 Å². The van der Waals surface area contributed by atoms with Gasteiger partial charge in [0.25, 0.3) is 5.91 Å². The Bertz CT molecular complexity index is 821. The van der Waals surface area contributed by atoms with Gasteiger partial charge in [0.15, 0.2) is 6.61 Å². The molecule has 146 valence electrons. The van der Waals surface area contributed by atoms with Crippen LogP contribution in [0.3, 0.4) is 0 Å². The zero-order valence-corrected chi connectivity index (χ0v) is 16.5. The normalized spacial score (nSPS) is 12.4. The fourth-order valence-corrected chi connectivity index (χ4v) is 3.51. The third-order valence-corrected chi connectivity index (χ3v) is 5.48. The molecular formula is C20H26N2O4S. The van der Waals surface area contributed by atoms with Crippen molar-refractivity contribution in [2.24, 2.45) is 0 Å². The molecule has 0 fully saturated rings. The lowest BCUT2D eigenvalue weighted by Gasteiger charge is -2.14. The first kappa shape index (κ1) is 20.9. The first-order valence-electron chi connectivity index (χ1n) is 8.99. The summed E-state index contributed by atoms with van der Waals surface area (Å²) in [6, 6.07) is 15.5. The molecule has 2 aromatic carbocycles. The Labute approximate surface area is 161 Å². The third kappa shape index (κ3) is 6.69. The van der Waals surface area contributed by atoms with Gasteiger partial charge in [0.05, 0.1) is 10.9 Å². The Hall–Kier alpha value is -2.38. The summed E-state index contributed by atoms with van der Waals surface area (Å²) in [6.07, 6.45) is 1.71. The first-order valence-corrected chi connectivity index (χ1v) is 10.5. The Morgan fingerprint density at radius 3 is 2.37 bits per heavy atom. The van der Waals surface area contributed by atoms with Gasteiger partial charge in [0, 0.05) is 6.54 Å². The average molecular weight is 391 g/mol. The fraction of sp³-hybridized carbons (Fsp3) is 0.350. The highest BCUT2D eigenvalue weighted by Gasteiger charge is 2.14. The number of ether oxygens (including phenoxy) is 1. The molecule has 0 saturated carbocycles. The van der Waals surface area contributed by atoms with Crippen LogP contribution in [0.2, 0.25) is 0 Å². The number of benzene rings is 2. The van der Waals surface area contributed by atoms with Gasteiger partial charge in [-0.25, -0.2) is 13.1 Å². The molecule has 0 aliphatic rings. The monoisotopic (exact) mass is 390 g/mol. The number of hydrogen-bond donors (Lipinski definition) is 2. The van der Waals surface area contributed by atoms with Crippen LogP contribution in [0.25, 0.3) is 0 Å². The summed E-state index contributed by atoms with van der Waals surface area (Å²) in [5, 5.41) is 2.86. The highest BCUT2D eigenvalue weighted by Crippen LogP contribution is 2.16. The standard InChI is InChI=1S/C20H26N2O4S/c1-3-4-14-21-27(24,25)19-12-10-18(11-13-19)26-15-20(23)22-16(2)17-8-6-5-7-9-17/h5-13,16,21H,3-4,14-15H2,1-2H3,(H,22,23). The van der Waals surface area contributed by atoms with Crippen LogP contribution in [0.15, 0.2) is 59.5 Å². The Morgan fingerprint density at radius 2 is 1.74 bits per heavy atom. The predicted molar refractivity (Wildman–Crippen MR) is 105 cm³/mol. The molecule has 0 aromatic heterocycles. The van der Waals surface area contributed by atoms with Crippen molar-refractivity contribution >= 4 is 15.9 Å². The number of sulfonamides is 1. The Kier molecular flexibility index (Phi) is 7.82. The fourth-order valence-electron chi connectivity index (χ4n) is 2.44. The van der Waals surface area contributed by atoms with E-state index in [9.17, 15) is 13.2 Å². The first-order chi connectivity index (χ1) is 12.9. The maximum atomic E-state index is 12.1. The van der Waals surface area contributed by atoms with E-state index in [4.69, 9.17) is 4.74 Å². The van der Waals surface area contributed by atoms with Crippen molar-refractivity contribution in [2.75, 3.05) is 13.2 Å². The number of carbonyl (C=O) groups excluding carboxylic acids is 1. The van der Waals surface area contributed by atoms with Crippen LogP contribution in [0.1, 0.15) is 38.3 Å². The highest BCUT2D eigenvalue weighted by atomic mass is 32.2. The van der Waals surface area contributed by atoms with Crippen molar-refractivity contribution in [3.63, 3.8) is 0 Å². The molecule has 6 nitrogen and oxygen atoms in total. The van der Waals surface area contributed by atoms with Crippen LogP contribution in [0.5, 0.6) is 5.75 Å². The minimum Gasteiger partial charge on any atom is -0.484 e. The Morgan fingerprint density at radius 1 is 1.07 bits per heavy atom. The van der Waals surface area contributed by atoms with Gasteiger partial charge in [-0.3, -0.25) is 4.79 Å². The van der Waals surface area contributed by atoms with Crippen molar-refractivity contribution in [1.82, 2.24) is 10.0 Å². The van der Waals surface area contributed by atoms with E-state index in [1.165, 1.54) is 12.1 Å². The highest BCUT2D eigenvalue weighted by molar-refractivity contribution is 7.89. The van der Waals surface area contributed by atoms with Gasteiger partial charge >= 0.3 is 0 Å². The number of unbranched alkanes of at least 4 members (excludes halogenated alkanes) is 1. The topological polar surface area (TPSA) is 84.5 Å². The van der Waals surface area contributed by atoms with E-state index in [2.05, 4.69) is 10.0 Å². The maximum absolute atomic E-state index is 12.1. The lowest BCUT2D eigenvalue weighted by molar-refractivity contribution is -0.123. The molecule has 1 amide bonds. The zero-order valence-electron chi connectivity index (χ0n) is 15.6. The Balaban J connectivity index is 1.85. The minimum absolute atomic E-state index is 0.121. The second-order valence-corrected chi connectivity index (χ2v) is 7.98. The van der Waals surface area contributed by atoms with E-state index in [-0.39, 0.29) is 23.5 Å². The lowest BCUT2D eigenvalue weighted by atomic mass is 10.1. The van der Waals surface area contributed by atoms with Crippen LogP contribution in [-0.2, 0) is 14.8 Å². The van der Waals surface area contributed by atoms with Crippen molar-refractivity contribution in [3.8, 4) is 5.75 Å². The smallest absolute Gasteiger partial charge is 0.258 e. The molecule has 0 saturated heterocycles. The number of amides is 1. The minimum atomic E-state index is -3.51. The second kappa shape index (κ2) is 10.1. The molecule has 2 rings (SSSR count). The van der Waals surface area contributed by atoms with Gasteiger partial charge in [-0.1, -0.05) is 43.7 Å². The van der Waals surface area contributed by atoms with E-state index in [0.29, 0.717) is 12.3 Å². The van der Waals surface area contributed by atoms with Crippen LogP contribution in [0.4, 0.5) is 0 Å². The third-order valence-electron chi connectivity index (χ3n) is 4.00. The number of rotatable bonds is 10. The van der Waals surface area contributed by atoms with E-state index in [1.807, 2.05) is 44.2 Å². The predicted octanol–water partition coefficient (Wildman–Crippen LogP) is 3.02. The molecular weight excluding hydrogens is 364 g/mol. The van der Waals surface area contributed by atoms with Gasteiger partial charge in [0.1, 0.15) is 5.75 Å². The van der Waals surface area contributed by atoms with E-state index in [0.717, 1.165) is 18.4 Å². The molecule has 0 radical (unpaired) electrons.